The quantitative estimate of drug-likeness (QED) is 0.621. The average molecular weight is 388 g/mol. The molecule has 7 nitrogen and oxygen atoms in total. The van der Waals surface area contributed by atoms with E-state index in [1.54, 1.807) is 24.3 Å². The van der Waals surface area contributed by atoms with E-state index in [0.29, 0.717) is 11.1 Å². The van der Waals surface area contributed by atoms with Crippen LogP contribution in [0.15, 0.2) is 42.5 Å². The highest BCUT2D eigenvalue weighted by Gasteiger charge is 2.32. The lowest BCUT2D eigenvalue weighted by atomic mass is 9.98. The molecule has 0 saturated carbocycles. The van der Waals surface area contributed by atoms with Gasteiger partial charge in [-0.25, -0.2) is 8.78 Å². The highest BCUT2D eigenvalue weighted by atomic mass is 19.1. The molecule has 0 bridgehead atoms. The molecule has 9 heteroatoms. The van der Waals surface area contributed by atoms with Crippen molar-refractivity contribution >= 4 is 29.4 Å². The zero-order chi connectivity index (χ0) is 20.3. The Morgan fingerprint density at radius 2 is 1.71 bits per heavy atom. The van der Waals surface area contributed by atoms with Gasteiger partial charge in [0.2, 0.25) is 5.91 Å². The minimum atomic E-state index is -1.01. The molecular weight excluding hydrogens is 374 g/mol. The highest BCUT2D eigenvalue weighted by molar-refractivity contribution is 6.11. The number of imide groups is 1. The maximum atomic E-state index is 13.5. The maximum Gasteiger partial charge on any atom is 0.326 e. The number of esters is 1. The molecule has 0 fully saturated rings. The molecule has 28 heavy (non-hydrogen) atoms. The van der Waals surface area contributed by atoms with Gasteiger partial charge in [-0.1, -0.05) is 24.3 Å². The number of nitrogens with zero attached hydrogens (tertiary/aromatic N) is 1. The number of amides is 3. The van der Waals surface area contributed by atoms with Gasteiger partial charge in [0.15, 0.2) is 6.61 Å². The van der Waals surface area contributed by atoms with E-state index in [-0.39, 0.29) is 6.42 Å². The molecule has 0 radical (unpaired) electrons. The van der Waals surface area contributed by atoms with Crippen LogP contribution in [0.25, 0.3) is 0 Å². The molecule has 3 rings (SSSR count). The van der Waals surface area contributed by atoms with Crippen LogP contribution in [0, 0.1) is 11.6 Å². The van der Waals surface area contributed by atoms with Gasteiger partial charge in [0.25, 0.3) is 11.8 Å². The number of ether oxygens (including phenoxy) is 1. The zero-order valence-electron chi connectivity index (χ0n) is 14.4. The Morgan fingerprint density at radius 3 is 2.43 bits per heavy atom. The largest absolute Gasteiger partial charge is 0.454 e. The summed E-state index contributed by atoms with van der Waals surface area (Å²) in [5, 5.41) is 1.95. The third-order valence-electron chi connectivity index (χ3n) is 4.01. The summed E-state index contributed by atoms with van der Waals surface area (Å²) >= 11 is 0. The van der Waals surface area contributed by atoms with E-state index >= 15 is 0 Å². The normalized spacial score (nSPS) is 13.1. The Balaban J connectivity index is 1.57. The molecule has 3 amide bonds. The predicted octanol–water partition coefficient (Wildman–Crippen LogP) is 1.67. The van der Waals surface area contributed by atoms with Crippen molar-refractivity contribution in [2.75, 3.05) is 18.5 Å². The number of fused-ring (bicyclic) bond motifs is 1. The van der Waals surface area contributed by atoms with Crippen molar-refractivity contribution in [3.8, 4) is 0 Å². The van der Waals surface area contributed by atoms with E-state index in [0.717, 1.165) is 23.1 Å². The predicted molar refractivity (Wildman–Crippen MR) is 92.1 cm³/mol. The molecule has 2 aromatic rings. The number of halogens is 2. The monoisotopic (exact) mass is 388 g/mol. The van der Waals surface area contributed by atoms with Crippen molar-refractivity contribution in [2.24, 2.45) is 0 Å². The fraction of sp³-hybridized carbons (Fsp3) is 0.158. The number of rotatable bonds is 5. The molecule has 1 aliphatic rings. The van der Waals surface area contributed by atoms with Crippen molar-refractivity contribution in [3.63, 3.8) is 0 Å². The number of hydrogen-bond acceptors (Lipinski definition) is 5. The highest BCUT2D eigenvalue weighted by Crippen LogP contribution is 2.20. The molecular formula is C19H14F2N2O5. The van der Waals surface area contributed by atoms with Crippen molar-refractivity contribution < 1.29 is 32.7 Å². The Morgan fingerprint density at radius 1 is 1.04 bits per heavy atom. The molecule has 0 saturated heterocycles. The van der Waals surface area contributed by atoms with Crippen molar-refractivity contribution in [3.05, 3.63) is 65.2 Å². The summed E-state index contributed by atoms with van der Waals surface area (Å²) in [6, 6.07) is 9.55. The SMILES string of the molecule is O=C(COC(=O)CN1C(=O)Cc2ccccc2C1=O)Nc1c(F)cccc1F. The van der Waals surface area contributed by atoms with Crippen LogP contribution >= 0.6 is 0 Å². The first kappa shape index (κ1) is 19.2. The van der Waals surface area contributed by atoms with Gasteiger partial charge in [-0.15, -0.1) is 0 Å². The summed E-state index contributed by atoms with van der Waals surface area (Å²) < 4.78 is 31.7. The molecule has 1 N–H and O–H groups in total. The Kier molecular flexibility index (Phi) is 5.44. The fourth-order valence-electron chi connectivity index (χ4n) is 2.67. The van der Waals surface area contributed by atoms with Crippen molar-refractivity contribution in [2.45, 2.75) is 6.42 Å². The molecule has 0 unspecified atom stereocenters. The number of para-hydroxylation sites is 1. The summed E-state index contributed by atoms with van der Waals surface area (Å²) in [6.45, 7) is -1.51. The first-order valence-corrected chi connectivity index (χ1v) is 8.19. The van der Waals surface area contributed by atoms with Gasteiger partial charge < -0.3 is 10.1 Å². The Labute approximate surface area is 157 Å². The number of carbonyl (C=O) groups excluding carboxylic acids is 4. The van der Waals surface area contributed by atoms with Gasteiger partial charge in [0.05, 0.1) is 6.42 Å². The average Bonchev–Trinajstić information content (AvgIpc) is 2.66. The molecule has 1 aliphatic heterocycles. The molecule has 1 heterocycles. The second kappa shape index (κ2) is 7.95. The molecule has 0 aromatic heterocycles. The fourth-order valence-corrected chi connectivity index (χ4v) is 2.67. The van der Waals surface area contributed by atoms with Gasteiger partial charge in [-0.3, -0.25) is 24.1 Å². The van der Waals surface area contributed by atoms with Crippen LogP contribution in [0.1, 0.15) is 15.9 Å². The van der Waals surface area contributed by atoms with Crippen LogP contribution in [0.2, 0.25) is 0 Å². The van der Waals surface area contributed by atoms with E-state index < -0.39 is 54.2 Å². The van der Waals surface area contributed by atoms with Crippen LogP contribution in [0.5, 0.6) is 0 Å². The lowest BCUT2D eigenvalue weighted by Crippen LogP contribution is -2.45. The second-order valence-corrected chi connectivity index (χ2v) is 5.92. The summed E-state index contributed by atoms with van der Waals surface area (Å²) in [4.78, 5) is 48.8. The van der Waals surface area contributed by atoms with Gasteiger partial charge in [0, 0.05) is 5.56 Å². The van der Waals surface area contributed by atoms with Crippen molar-refractivity contribution in [1.82, 2.24) is 4.90 Å². The number of carbonyl (C=O) groups is 4. The molecule has 0 spiro atoms. The summed E-state index contributed by atoms with van der Waals surface area (Å²) in [6.07, 6.45) is -0.0394. The van der Waals surface area contributed by atoms with E-state index in [2.05, 4.69) is 0 Å². The Bertz CT molecular complexity index is 956. The first-order valence-electron chi connectivity index (χ1n) is 8.19. The number of nitrogens with one attached hydrogen (secondary N) is 1. The Hall–Kier alpha value is -3.62. The number of benzene rings is 2. The van der Waals surface area contributed by atoms with Crippen LogP contribution in [-0.4, -0.2) is 41.7 Å². The van der Waals surface area contributed by atoms with E-state index in [4.69, 9.17) is 4.74 Å². The molecule has 2 aromatic carbocycles. The second-order valence-electron chi connectivity index (χ2n) is 5.92. The van der Waals surface area contributed by atoms with Crippen LogP contribution in [-0.2, 0) is 25.5 Å². The number of anilines is 1. The molecule has 0 aliphatic carbocycles. The summed E-state index contributed by atoms with van der Waals surface area (Å²) in [7, 11) is 0. The van der Waals surface area contributed by atoms with Crippen LogP contribution < -0.4 is 5.32 Å². The first-order chi connectivity index (χ1) is 13.4. The minimum Gasteiger partial charge on any atom is -0.454 e. The van der Waals surface area contributed by atoms with Gasteiger partial charge in [0.1, 0.15) is 23.9 Å². The van der Waals surface area contributed by atoms with Gasteiger partial charge in [-0.05, 0) is 23.8 Å². The standard InChI is InChI=1S/C19H14F2N2O5/c20-13-6-3-7-14(21)18(13)22-15(24)10-28-17(26)9-23-16(25)8-11-4-1-2-5-12(11)19(23)27/h1-7H,8-10H2,(H,22,24). The van der Waals surface area contributed by atoms with Crippen LogP contribution in [0.3, 0.4) is 0 Å². The minimum absolute atomic E-state index is 0.0394. The molecule has 0 atom stereocenters. The van der Waals surface area contributed by atoms with Crippen molar-refractivity contribution in [1.29, 1.82) is 0 Å². The van der Waals surface area contributed by atoms with E-state index in [1.165, 1.54) is 0 Å². The molecule has 144 valence electrons. The lowest BCUT2D eigenvalue weighted by molar-refractivity contribution is -0.150. The topological polar surface area (TPSA) is 92.8 Å². The number of hydrogen-bond donors (Lipinski definition) is 1. The van der Waals surface area contributed by atoms with E-state index in [9.17, 15) is 28.0 Å². The summed E-state index contributed by atoms with van der Waals surface area (Å²) in [5.41, 5.74) is 0.206. The third-order valence-corrected chi connectivity index (χ3v) is 4.01. The maximum absolute atomic E-state index is 13.5. The third kappa shape index (κ3) is 4.03. The smallest absolute Gasteiger partial charge is 0.326 e. The van der Waals surface area contributed by atoms with Crippen LogP contribution in [0.4, 0.5) is 14.5 Å². The van der Waals surface area contributed by atoms with Gasteiger partial charge in [-0.2, -0.15) is 0 Å². The lowest BCUT2D eigenvalue weighted by Gasteiger charge is -2.25. The van der Waals surface area contributed by atoms with E-state index in [1.807, 2.05) is 5.32 Å². The zero-order valence-corrected chi connectivity index (χ0v) is 14.4. The summed E-state index contributed by atoms with van der Waals surface area (Å²) in [5.74, 6) is -5.16. The van der Waals surface area contributed by atoms with Gasteiger partial charge >= 0.3 is 5.97 Å².